The molecule has 2 heterocycles. The van der Waals surface area contributed by atoms with Gasteiger partial charge in [-0.2, -0.15) is 0 Å². The van der Waals surface area contributed by atoms with Crippen molar-refractivity contribution in [3.8, 4) is 0 Å². The molecular formula is C12H17ClN4O2. The smallest absolute Gasteiger partial charge is 0.224 e. The largest absolute Gasteiger partial charge is 0.378 e. The SMILES string of the molecule is Cc1nc(Cl)cc(NCCC(=O)N2CCOCC2)n1. The van der Waals surface area contributed by atoms with Crippen LogP contribution in [0.4, 0.5) is 5.82 Å². The Morgan fingerprint density at radius 3 is 2.89 bits per heavy atom. The summed E-state index contributed by atoms with van der Waals surface area (Å²) in [6.45, 7) is 4.91. The number of carbonyl (C=O) groups excluding carboxylic acids is 1. The second-order valence-corrected chi connectivity index (χ2v) is 4.68. The van der Waals surface area contributed by atoms with E-state index in [1.54, 1.807) is 13.0 Å². The quantitative estimate of drug-likeness (QED) is 0.839. The highest BCUT2D eigenvalue weighted by molar-refractivity contribution is 6.29. The van der Waals surface area contributed by atoms with Crippen LogP contribution in [0, 0.1) is 6.92 Å². The van der Waals surface area contributed by atoms with Crippen molar-refractivity contribution >= 4 is 23.3 Å². The number of aryl methyl sites for hydroxylation is 1. The molecule has 0 bridgehead atoms. The summed E-state index contributed by atoms with van der Waals surface area (Å²) < 4.78 is 5.21. The van der Waals surface area contributed by atoms with E-state index in [9.17, 15) is 4.79 Å². The molecule has 7 heteroatoms. The van der Waals surface area contributed by atoms with E-state index in [0.29, 0.717) is 56.1 Å². The fourth-order valence-electron chi connectivity index (χ4n) is 1.89. The van der Waals surface area contributed by atoms with Gasteiger partial charge in [0.05, 0.1) is 13.2 Å². The predicted octanol–water partition coefficient (Wildman–Crippen LogP) is 1.10. The van der Waals surface area contributed by atoms with Crippen LogP contribution in [0.2, 0.25) is 5.15 Å². The molecule has 0 aliphatic carbocycles. The summed E-state index contributed by atoms with van der Waals surface area (Å²) in [6.07, 6.45) is 0.431. The van der Waals surface area contributed by atoms with Gasteiger partial charge < -0.3 is 15.0 Å². The first-order valence-electron chi connectivity index (χ1n) is 6.26. The van der Waals surface area contributed by atoms with Gasteiger partial charge >= 0.3 is 0 Å². The van der Waals surface area contributed by atoms with E-state index in [2.05, 4.69) is 15.3 Å². The summed E-state index contributed by atoms with van der Waals surface area (Å²) in [5.41, 5.74) is 0. The van der Waals surface area contributed by atoms with Gasteiger partial charge in [0, 0.05) is 32.1 Å². The molecule has 6 nitrogen and oxygen atoms in total. The number of hydrogen-bond donors (Lipinski definition) is 1. The maximum absolute atomic E-state index is 11.9. The van der Waals surface area contributed by atoms with E-state index in [1.807, 2.05) is 4.90 Å². The molecule has 1 amide bonds. The Bertz CT molecular complexity index is 429. The van der Waals surface area contributed by atoms with E-state index in [-0.39, 0.29) is 5.91 Å². The summed E-state index contributed by atoms with van der Waals surface area (Å²) in [5.74, 6) is 1.38. The van der Waals surface area contributed by atoms with E-state index in [1.165, 1.54) is 0 Å². The number of halogens is 1. The second-order valence-electron chi connectivity index (χ2n) is 4.29. The average Bonchev–Trinajstić information content (AvgIpc) is 2.38. The molecule has 1 N–H and O–H groups in total. The molecule has 0 aromatic carbocycles. The van der Waals surface area contributed by atoms with Crippen LogP contribution in [0.3, 0.4) is 0 Å². The van der Waals surface area contributed by atoms with Crippen molar-refractivity contribution in [2.45, 2.75) is 13.3 Å². The molecule has 0 unspecified atom stereocenters. The Balaban J connectivity index is 1.77. The van der Waals surface area contributed by atoms with Crippen molar-refractivity contribution in [1.82, 2.24) is 14.9 Å². The van der Waals surface area contributed by atoms with Gasteiger partial charge in [0.2, 0.25) is 5.91 Å². The van der Waals surface area contributed by atoms with Crippen LogP contribution in [0.1, 0.15) is 12.2 Å². The molecule has 0 radical (unpaired) electrons. The van der Waals surface area contributed by atoms with Crippen molar-refractivity contribution < 1.29 is 9.53 Å². The number of rotatable bonds is 4. The van der Waals surface area contributed by atoms with Gasteiger partial charge in [0.1, 0.15) is 16.8 Å². The molecule has 1 fully saturated rings. The number of nitrogens with zero attached hydrogens (tertiary/aromatic N) is 3. The van der Waals surface area contributed by atoms with Gasteiger partial charge in [-0.1, -0.05) is 11.6 Å². The van der Waals surface area contributed by atoms with Crippen LogP contribution in [0.25, 0.3) is 0 Å². The van der Waals surface area contributed by atoms with Gasteiger partial charge in [-0.25, -0.2) is 9.97 Å². The van der Waals surface area contributed by atoms with Crippen molar-refractivity contribution in [1.29, 1.82) is 0 Å². The van der Waals surface area contributed by atoms with Crippen LogP contribution in [-0.4, -0.2) is 53.6 Å². The summed E-state index contributed by atoms with van der Waals surface area (Å²) in [6, 6.07) is 1.65. The van der Waals surface area contributed by atoms with Crippen molar-refractivity contribution in [3.63, 3.8) is 0 Å². The highest BCUT2D eigenvalue weighted by atomic mass is 35.5. The van der Waals surface area contributed by atoms with Crippen LogP contribution in [-0.2, 0) is 9.53 Å². The topological polar surface area (TPSA) is 67.4 Å². The zero-order valence-corrected chi connectivity index (χ0v) is 11.6. The van der Waals surface area contributed by atoms with Crippen molar-refractivity contribution in [2.24, 2.45) is 0 Å². The molecule has 0 saturated carbocycles. The van der Waals surface area contributed by atoms with E-state index in [4.69, 9.17) is 16.3 Å². The van der Waals surface area contributed by atoms with Crippen molar-refractivity contribution in [2.75, 3.05) is 38.2 Å². The van der Waals surface area contributed by atoms with Crippen LogP contribution < -0.4 is 5.32 Å². The molecule has 1 aliphatic rings. The van der Waals surface area contributed by atoms with Crippen LogP contribution in [0.15, 0.2) is 6.07 Å². The van der Waals surface area contributed by atoms with Crippen LogP contribution in [0.5, 0.6) is 0 Å². The van der Waals surface area contributed by atoms with Gasteiger partial charge in [0.15, 0.2) is 0 Å². The summed E-state index contributed by atoms with van der Waals surface area (Å²) in [5, 5.41) is 3.48. The Labute approximate surface area is 117 Å². The third kappa shape index (κ3) is 4.33. The average molecular weight is 285 g/mol. The lowest BCUT2D eigenvalue weighted by molar-refractivity contribution is -0.134. The lowest BCUT2D eigenvalue weighted by atomic mass is 10.3. The third-order valence-corrected chi connectivity index (χ3v) is 3.01. The number of morpholine rings is 1. The third-order valence-electron chi connectivity index (χ3n) is 2.82. The highest BCUT2D eigenvalue weighted by Gasteiger charge is 2.16. The zero-order valence-electron chi connectivity index (χ0n) is 10.9. The lowest BCUT2D eigenvalue weighted by Crippen LogP contribution is -2.41. The maximum atomic E-state index is 11.9. The van der Waals surface area contributed by atoms with E-state index in [0.717, 1.165) is 0 Å². The number of carbonyl (C=O) groups is 1. The Hall–Kier alpha value is -1.40. The minimum Gasteiger partial charge on any atom is -0.378 e. The lowest BCUT2D eigenvalue weighted by Gasteiger charge is -2.26. The van der Waals surface area contributed by atoms with Crippen molar-refractivity contribution in [3.05, 3.63) is 17.0 Å². The number of amides is 1. The monoisotopic (exact) mass is 284 g/mol. The molecule has 1 aromatic heterocycles. The fourth-order valence-corrected chi connectivity index (χ4v) is 2.12. The predicted molar refractivity (Wildman–Crippen MR) is 72.3 cm³/mol. The van der Waals surface area contributed by atoms with E-state index < -0.39 is 0 Å². The molecule has 0 spiro atoms. The first-order valence-corrected chi connectivity index (χ1v) is 6.63. The van der Waals surface area contributed by atoms with Gasteiger partial charge in [-0.15, -0.1) is 0 Å². The Morgan fingerprint density at radius 1 is 1.47 bits per heavy atom. The number of ether oxygens (including phenoxy) is 1. The molecule has 104 valence electrons. The summed E-state index contributed by atoms with van der Waals surface area (Å²) in [7, 11) is 0. The number of hydrogen-bond acceptors (Lipinski definition) is 5. The molecule has 2 rings (SSSR count). The number of aromatic nitrogens is 2. The normalized spacial score (nSPS) is 15.4. The molecule has 19 heavy (non-hydrogen) atoms. The van der Waals surface area contributed by atoms with Gasteiger partial charge in [0.25, 0.3) is 0 Å². The second kappa shape index (κ2) is 6.68. The van der Waals surface area contributed by atoms with E-state index >= 15 is 0 Å². The summed E-state index contributed by atoms with van der Waals surface area (Å²) in [4.78, 5) is 21.9. The van der Waals surface area contributed by atoms with Gasteiger partial charge in [-0.05, 0) is 6.92 Å². The van der Waals surface area contributed by atoms with Crippen LogP contribution >= 0.6 is 11.6 Å². The fraction of sp³-hybridized carbons (Fsp3) is 0.583. The minimum atomic E-state index is 0.132. The van der Waals surface area contributed by atoms with Gasteiger partial charge in [-0.3, -0.25) is 4.79 Å². The number of anilines is 1. The molecule has 1 aromatic rings. The molecule has 1 saturated heterocycles. The first kappa shape index (κ1) is 14.0. The number of nitrogens with one attached hydrogen (secondary N) is 1. The standard InChI is InChI=1S/C12H17ClN4O2/c1-9-15-10(13)8-11(16-9)14-3-2-12(18)17-4-6-19-7-5-17/h8H,2-7H2,1H3,(H,14,15,16). The summed E-state index contributed by atoms with van der Waals surface area (Å²) >= 11 is 5.83. The Kier molecular flexibility index (Phi) is 4.93. The molecular weight excluding hydrogens is 268 g/mol. The highest BCUT2D eigenvalue weighted by Crippen LogP contribution is 2.11. The molecule has 0 atom stereocenters. The first-order chi connectivity index (χ1) is 9.15. The minimum absolute atomic E-state index is 0.132. The Morgan fingerprint density at radius 2 is 2.21 bits per heavy atom. The maximum Gasteiger partial charge on any atom is 0.224 e. The molecule has 1 aliphatic heterocycles. The zero-order chi connectivity index (χ0) is 13.7.